The van der Waals surface area contributed by atoms with Crippen LogP contribution in [0.15, 0.2) is 36.4 Å². The number of benzene rings is 1. The molecule has 1 fully saturated rings. The minimum atomic E-state index is -0.0409. The van der Waals surface area contributed by atoms with Crippen molar-refractivity contribution in [2.24, 2.45) is 0 Å². The zero-order chi connectivity index (χ0) is 17.9. The van der Waals surface area contributed by atoms with Gasteiger partial charge in [0.1, 0.15) is 0 Å². The lowest BCUT2D eigenvalue weighted by Gasteiger charge is -2.27. The molecule has 136 valence electrons. The van der Waals surface area contributed by atoms with Crippen LogP contribution < -0.4 is 5.32 Å². The monoisotopic (exact) mass is 370 g/mol. The second kappa shape index (κ2) is 7.60. The van der Waals surface area contributed by atoms with E-state index in [0.29, 0.717) is 25.2 Å². The first-order valence-electron chi connectivity index (χ1n) is 9.06. The number of nitrogens with zero attached hydrogens (tertiary/aromatic N) is 1. The van der Waals surface area contributed by atoms with Gasteiger partial charge in [-0.25, -0.2) is 0 Å². The Morgan fingerprint density at radius 3 is 2.88 bits per heavy atom. The highest BCUT2D eigenvalue weighted by Crippen LogP contribution is 2.29. The number of nitrogens with one attached hydrogen (secondary N) is 1. The van der Waals surface area contributed by atoms with Gasteiger partial charge in [0.25, 0.3) is 11.8 Å². The quantitative estimate of drug-likeness (QED) is 0.900. The molecule has 0 radical (unpaired) electrons. The summed E-state index contributed by atoms with van der Waals surface area (Å²) in [5, 5.41) is 2.98. The van der Waals surface area contributed by atoms with Crippen molar-refractivity contribution in [1.82, 2.24) is 10.2 Å². The minimum Gasteiger partial charge on any atom is -0.376 e. The third kappa shape index (κ3) is 3.66. The Bertz CT molecular complexity index is 797. The van der Waals surface area contributed by atoms with Crippen molar-refractivity contribution in [3.05, 3.63) is 57.3 Å². The van der Waals surface area contributed by atoms with E-state index in [-0.39, 0.29) is 17.9 Å². The molecule has 6 heteroatoms. The van der Waals surface area contributed by atoms with E-state index in [9.17, 15) is 9.59 Å². The number of carbonyl (C=O) groups excluding carboxylic acids is 2. The van der Waals surface area contributed by atoms with E-state index in [1.807, 2.05) is 41.3 Å². The Balaban J connectivity index is 1.40. The van der Waals surface area contributed by atoms with Crippen LogP contribution >= 0.6 is 11.3 Å². The van der Waals surface area contributed by atoms with Crippen molar-refractivity contribution in [3.8, 4) is 0 Å². The maximum Gasteiger partial charge on any atom is 0.261 e. The third-order valence-corrected chi connectivity index (χ3v) is 6.15. The van der Waals surface area contributed by atoms with E-state index in [4.69, 9.17) is 4.74 Å². The summed E-state index contributed by atoms with van der Waals surface area (Å²) in [7, 11) is 0. The van der Waals surface area contributed by atoms with Gasteiger partial charge < -0.3 is 15.0 Å². The van der Waals surface area contributed by atoms with Gasteiger partial charge in [-0.15, -0.1) is 11.3 Å². The molecule has 1 atom stereocenters. The molecule has 3 heterocycles. The Morgan fingerprint density at radius 2 is 2.12 bits per heavy atom. The van der Waals surface area contributed by atoms with E-state index in [1.165, 1.54) is 4.88 Å². The van der Waals surface area contributed by atoms with Gasteiger partial charge in [0.15, 0.2) is 0 Å². The molecule has 1 unspecified atom stereocenters. The third-order valence-electron chi connectivity index (χ3n) is 4.91. The van der Waals surface area contributed by atoms with Gasteiger partial charge in [0, 0.05) is 36.7 Å². The molecular formula is C20H22N2O3S. The van der Waals surface area contributed by atoms with E-state index in [2.05, 4.69) is 5.32 Å². The SMILES string of the molecule is O=C(NCC1CCCO1)c1cc2c(s1)CCN(C(=O)c1ccccc1)C2. The van der Waals surface area contributed by atoms with Gasteiger partial charge in [0.2, 0.25) is 0 Å². The Hall–Kier alpha value is -2.18. The zero-order valence-electron chi connectivity index (χ0n) is 14.6. The molecule has 0 bridgehead atoms. The predicted octanol–water partition coefficient (Wildman–Crippen LogP) is 2.86. The summed E-state index contributed by atoms with van der Waals surface area (Å²) in [6, 6.07) is 11.3. The molecule has 1 aromatic carbocycles. The molecule has 0 saturated carbocycles. The number of rotatable bonds is 4. The molecule has 0 aliphatic carbocycles. The Morgan fingerprint density at radius 1 is 1.27 bits per heavy atom. The number of fused-ring (bicyclic) bond motifs is 1. The van der Waals surface area contributed by atoms with Crippen LogP contribution in [0.4, 0.5) is 0 Å². The van der Waals surface area contributed by atoms with Gasteiger partial charge in [-0.3, -0.25) is 9.59 Å². The molecule has 2 aromatic rings. The topological polar surface area (TPSA) is 58.6 Å². The highest BCUT2D eigenvalue weighted by atomic mass is 32.1. The smallest absolute Gasteiger partial charge is 0.261 e. The number of carbonyl (C=O) groups is 2. The van der Waals surface area contributed by atoms with Gasteiger partial charge in [-0.2, -0.15) is 0 Å². The highest BCUT2D eigenvalue weighted by molar-refractivity contribution is 7.14. The largest absolute Gasteiger partial charge is 0.376 e. The van der Waals surface area contributed by atoms with Crippen molar-refractivity contribution < 1.29 is 14.3 Å². The van der Waals surface area contributed by atoms with Crippen LogP contribution in [0.2, 0.25) is 0 Å². The molecule has 4 rings (SSSR count). The summed E-state index contributed by atoms with van der Waals surface area (Å²) in [5.41, 5.74) is 1.80. The summed E-state index contributed by atoms with van der Waals surface area (Å²) in [5.74, 6) is 0.00710. The zero-order valence-corrected chi connectivity index (χ0v) is 15.4. The van der Waals surface area contributed by atoms with Crippen LogP contribution in [0.25, 0.3) is 0 Å². The van der Waals surface area contributed by atoms with Crippen molar-refractivity contribution in [1.29, 1.82) is 0 Å². The molecule has 2 aliphatic rings. The van der Waals surface area contributed by atoms with Crippen LogP contribution in [0, 0.1) is 0 Å². The normalized spacial score (nSPS) is 19.2. The molecule has 0 spiro atoms. The van der Waals surface area contributed by atoms with Crippen molar-refractivity contribution in [2.75, 3.05) is 19.7 Å². The van der Waals surface area contributed by atoms with Gasteiger partial charge in [-0.1, -0.05) is 18.2 Å². The molecule has 1 N–H and O–H groups in total. The number of hydrogen-bond donors (Lipinski definition) is 1. The maximum atomic E-state index is 12.6. The highest BCUT2D eigenvalue weighted by Gasteiger charge is 2.25. The number of ether oxygens (including phenoxy) is 1. The summed E-state index contributed by atoms with van der Waals surface area (Å²) >= 11 is 1.54. The number of hydrogen-bond acceptors (Lipinski definition) is 4. The summed E-state index contributed by atoms with van der Waals surface area (Å²) in [6.45, 7) is 2.62. The lowest BCUT2D eigenvalue weighted by atomic mass is 10.1. The van der Waals surface area contributed by atoms with E-state index in [1.54, 1.807) is 11.3 Å². The first kappa shape index (κ1) is 17.2. The van der Waals surface area contributed by atoms with Crippen molar-refractivity contribution in [2.45, 2.75) is 31.9 Å². The molecule has 26 heavy (non-hydrogen) atoms. The molecule has 2 amide bonds. The fraction of sp³-hybridized carbons (Fsp3) is 0.400. The average molecular weight is 370 g/mol. The Labute approximate surface area is 157 Å². The van der Waals surface area contributed by atoms with E-state index < -0.39 is 0 Å². The molecular weight excluding hydrogens is 348 g/mol. The van der Waals surface area contributed by atoms with Crippen molar-refractivity contribution in [3.63, 3.8) is 0 Å². The van der Waals surface area contributed by atoms with Crippen LogP contribution in [0.3, 0.4) is 0 Å². The second-order valence-electron chi connectivity index (χ2n) is 6.75. The van der Waals surface area contributed by atoms with Crippen LogP contribution in [-0.4, -0.2) is 42.5 Å². The fourth-order valence-corrected chi connectivity index (χ4v) is 4.56. The molecule has 1 saturated heterocycles. The van der Waals surface area contributed by atoms with Gasteiger partial charge >= 0.3 is 0 Å². The van der Waals surface area contributed by atoms with Gasteiger partial charge in [0.05, 0.1) is 11.0 Å². The predicted molar refractivity (Wildman–Crippen MR) is 101 cm³/mol. The van der Waals surface area contributed by atoms with Crippen LogP contribution in [-0.2, 0) is 17.7 Å². The van der Waals surface area contributed by atoms with Crippen LogP contribution in [0.1, 0.15) is 43.3 Å². The van der Waals surface area contributed by atoms with Crippen LogP contribution in [0.5, 0.6) is 0 Å². The van der Waals surface area contributed by atoms with Crippen molar-refractivity contribution >= 4 is 23.2 Å². The maximum absolute atomic E-state index is 12.6. The second-order valence-corrected chi connectivity index (χ2v) is 7.88. The lowest BCUT2D eigenvalue weighted by Crippen LogP contribution is -2.35. The fourth-order valence-electron chi connectivity index (χ4n) is 3.48. The standard InChI is InChI=1S/C20H22N2O3S/c23-19(21-12-16-7-4-10-25-16)18-11-15-13-22(9-8-17(15)26-18)20(24)14-5-2-1-3-6-14/h1-3,5-6,11,16H,4,7-10,12-13H2,(H,21,23). The molecule has 5 nitrogen and oxygen atoms in total. The van der Waals surface area contributed by atoms with E-state index >= 15 is 0 Å². The molecule has 1 aromatic heterocycles. The summed E-state index contributed by atoms with van der Waals surface area (Å²) in [6.07, 6.45) is 3.03. The average Bonchev–Trinajstić information content (AvgIpc) is 3.35. The number of amides is 2. The minimum absolute atomic E-state index is 0.0409. The first-order chi connectivity index (χ1) is 12.7. The summed E-state index contributed by atoms with van der Waals surface area (Å²) < 4.78 is 5.55. The Kier molecular flexibility index (Phi) is 5.04. The van der Waals surface area contributed by atoms with Gasteiger partial charge in [-0.05, 0) is 43.0 Å². The first-order valence-corrected chi connectivity index (χ1v) is 9.88. The summed E-state index contributed by atoms with van der Waals surface area (Å²) in [4.78, 5) is 28.9. The number of thiophene rings is 1. The molecule has 2 aliphatic heterocycles. The van der Waals surface area contributed by atoms with E-state index in [0.717, 1.165) is 36.3 Å². The lowest BCUT2D eigenvalue weighted by molar-refractivity contribution is 0.0736.